The van der Waals surface area contributed by atoms with Gasteiger partial charge in [-0.05, 0) is 29.5 Å². The number of imide groups is 1. The summed E-state index contributed by atoms with van der Waals surface area (Å²) in [5.41, 5.74) is 0.752. The van der Waals surface area contributed by atoms with Crippen LogP contribution in [0.15, 0.2) is 24.3 Å². The number of rotatable bonds is 10. The predicted octanol–water partition coefficient (Wildman–Crippen LogP) is 4.63. The van der Waals surface area contributed by atoms with E-state index in [2.05, 4.69) is 13.8 Å². The van der Waals surface area contributed by atoms with E-state index in [-0.39, 0.29) is 35.1 Å². The molecule has 156 valence electrons. The maximum atomic E-state index is 12.9. The Balaban J connectivity index is 2.09. The molecule has 0 bridgehead atoms. The SMILES string of the molecule is [B]C(=O)C(C)C(C)(C)c1ccc(N2C(=O)CC(SC(C)CCCCC)C2=O)cc1. The summed E-state index contributed by atoms with van der Waals surface area (Å²) in [4.78, 5) is 38.4. The normalized spacial score (nSPS) is 19.5. The third-order valence-corrected chi connectivity index (χ3v) is 7.49. The van der Waals surface area contributed by atoms with Crippen LogP contribution in [-0.4, -0.2) is 35.8 Å². The molecule has 4 nitrogen and oxygen atoms in total. The second-order valence-corrected chi connectivity index (χ2v) is 10.2. The number of hydrogen-bond donors (Lipinski definition) is 0. The Bertz CT molecular complexity index is 747. The molecule has 2 rings (SSSR count). The highest BCUT2D eigenvalue weighted by molar-refractivity contribution is 8.01. The van der Waals surface area contributed by atoms with Crippen LogP contribution in [0, 0.1) is 5.92 Å². The van der Waals surface area contributed by atoms with Crippen LogP contribution in [0.25, 0.3) is 0 Å². The summed E-state index contributed by atoms with van der Waals surface area (Å²) < 4.78 is 0. The number of hydrogen-bond acceptors (Lipinski definition) is 4. The molecule has 1 aliphatic rings. The average molecular weight is 413 g/mol. The molecule has 1 aromatic carbocycles. The fraction of sp³-hybridized carbons (Fsp3) is 0.609. The minimum Gasteiger partial charge on any atom is -0.312 e. The van der Waals surface area contributed by atoms with Gasteiger partial charge in [0.2, 0.25) is 11.8 Å². The average Bonchev–Trinajstić information content (AvgIpc) is 2.94. The minimum atomic E-state index is -0.435. The van der Waals surface area contributed by atoms with Crippen LogP contribution in [0.5, 0.6) is 0 Å². The Kier molecular flexibility index (Phi) is 8.15. The molecule has 6 heteroatoms. The van der Waals surface area contributed by atoms with Crippen molar-refractivity contribution in [3.05, 3.63) is 29.8 Å². The van der Waals surface area contributed by atoms with Gasteiger partial charge in [-0.15, -0.1) is 11.8 Å². The van der Waals surface area contributed by atoms with Crippen LogP contribution < -0.4 is 4.90 Å². The van der Waals surface area contributed by atoms with E-state index in [1.807, 2.05) is 32.9 Å². The lowest BCUT2D eigenvalue weighted by atomic mass is 9.68. The Morgan fingerprint density at radius 3 is 2.38 bits per heavy atom. The smallest absolute Gasteiger partial charge is 0.247 e. The molecular weight excluding hydrogens is 381 g/mol. The highest BCUT2D eigenvalue weighted by atomic mass is 32.2. The van der Waals surface area contributed by atoms with Crippen molar-refractivity contribution >= 4 is 42.8 Å². The molecule has 0 aliphatic carbocycles. The Morgan fingerprint density at radius 2 is 1.83 bits per heavy atom. The van der Waals surface area contributed by atoms with E-state index in [0.717, 1.165) is 18.4 Å². The van der Waals surface area contributed by atoms with Crippen molar-refractivity contribution < 1.29 is 14.4 Å². The minimum absolute atomic E-state index is 0.125. The Hall–Kier alpha value is -1.56. The van der Waals surface area contributed by atoms with E-state index in [1.165, 1.54) is 17.7 Å². The number of thioether (sulfide) groups is 1. The Labute approximate surface area is 180 Å². The molecule has 0 aromatic heterocycles. The van der Waals surface area contributed by atoms with Crippen LogP contribution in [0.2, 0.25) is 0 Å². The second kappa shape index (κ2) is 9.97. The number of carbonyl (C=O) groups is 3. The first-order valence-electron chi connectivity index (χ1n) is 10.5. The van der Waals surface area contributed by atoms with Gasteiger partial charge in [0.25, 0.3) is 0 Å². The zero-order valence-electron chi connectivity index (χ0n) is 18.2. The summed E-state index contributed by atoms with van der Waals surface area (Å²) >= 11 is 1.62. The number of nitrogens with zero attached hydrogens (tertiary/aromatic N) is 1. The molecule has 1 aromatic rings. The summed E-state index contributed by atoms with van der Waals surface area (Å²) in [5.74, 6) is -0.607. The maximum absolute atomic E-state index is 12.9. The van der Waals surface area contributed by atoms with Crippen LogP contribution in [0.4, 0.5) is 5.69 Å². The van der Waals surface area contributed by atoms with Crippen LogP contribution in [-0.2, 0) is 19.8 Å². The first-order valence-corrected chi connectivity index (χ1v) is 11.5. The molecule has 0 N–H and O–H groups in total. The third-order valence-electron chi connectivity index (χ3n) is 6.09. The van der Waals surface area contributed by atoms with E-state index in [4.69, 9.17) is 7.85 Å². The van der Waals surface area contributed by atoms with E-state index < -0.39 is 5.41 Å². The monoisotopic (exact) mass is 413 g/mol. The molecule has 0 saturated carbocycles. The van der Waals surface area contributed by atoms with Gasteiger partial charge in [-0.1, -0.05) is 66.0 Å². The largest absolute Gasteiger partial charge is 0.312 e. The number of anilines is 1. The molecule has 3 atom stereocenters. The van der Waals surface area contributed by atoms with Crippen molar-refractivity contribution in [1.29, 1.82) is 0 Å². The van der Waals surface area contributed by atoms with Gasteiger partial charge in [0.1, 0.15) is 0 Å². The Morgan fingerprint density at radius 1 is 1.21 bits per heavy atom. The zero-order valence-corrected chi connectivity index (χ0v) is 19.1. The van der Waals surface area contributed by atoms with E-state index in [9.17, 15) is 14.4 Å². The number of carbonyl (C=O) groups excluding carboxylic acids is 3. The summed E-state index contributed by atoms with van der Waals surface area (Å²) in [7, 11) is 5.48. The van der Waals surface area contributed by atoms with Gasteiger partial charge < -0.3 is 4.79 Å². The number of amides is 2. The lowest BCUT2D eigenvalue weighted by Crippen LogP contribution is -2.33. The molecule has 2 radical (unpaired) electrons. The van der Waals surface area contributed by atoms with Crippen molar-refractivity contribution in [2.75, 3.05) is 4.90 Å². The topological polar surface area (TPSA) is 54.5 Å². The molecular formula is C23H32BNO3S. The van der Waals surface area contributed by atoms with E-state index >= 15 is 0 Å². The van der Waals surface area contributed by atoms with Gasteiger partial charge in [-0.25, -0.2) is 4.90 Å². The summed E-state index contributed by atoms with van der Waals surface area (Å²) in [6, 6.07) is 7.34. The molecule has 3 unspecified atom stereocenters. The first-order chi connectivity index (χ1) is 13.6. The van der Waals surface area contributed by atoms with Crippen molar-refractivity contribution in [3.8, 4) is 0 Å². The van der Waals surface area contributed by atoms with Crippen molar-refractivity contribution in [3.63, 3.8) is 0 Å². The second-order valence-electron chi connectivity index (χ2n) is 8.60. The lowest BCUT2D eigenvalue weighted by molar-refractivity contribution is -0.121. The maximum Gasteiger partial charge on any atom is 0.247 e. The molecule has 29 heavy (non-hydrogen) atoms. The number of unbranched alkanes of at least 4 members (excludes halogenated alkanes) is 2. The quantitative estimate of drug-likeness (QED) is 0.319. The van der Waals surface area contributed by atoms with Gasteiger partial charge in [0, 0.05) is 17.6 Å². The lowest BCUT2D eigenvalue weighted by Gasteiger charge is -2.31. The summed E-state index contributed by atoms with van der Waals surface area (Å²) in [6.07, 6.45) is 4.86. The molecule has 0 spiro atoms. The van der Waals surface area contributed by atoms with Gasteiger partial charge >= 0.3 is 0 Å². The third kappa shape index (κ3) is 5.53. The molecule has 2 amide bonds. The van der Waals surface area contributed by atoms with Crippen LogP contribution in [0.3, 0.4) is 0 Å². The van der Waals surface area contributed by atoms with Crippen LogP contribution in [0.1, 0.15) is 72.3 Å². The van der Waals surface area contributed by atoms with Crippen molar-refractivity contribution in [2.24, 2.45) is 5.92 Å². The van der Waals surface area contributed by atoms with Crippen LogP contribution >= 0.6 is 11.8 Å². The van der Waals surface area contributed by atoms with E-state index in [0.29, 0.717) is 10.9 Å². The molecule has 1 fully saturated rings. The highest BCUT2D eigenvalue weighted by Crippen LogP contribution is 2.36. The van der Waals surface area contributed by atoms with Gasteiger partial charge in [0.15, 0.2) is 7.85 Å². The fourth-order valence-corrected chi connectivity index (χ4v) is 4.98. The van der Waals surface area contributed by atoms with Gasteiger partial charge in [-0.3, -0.25) is 9.59 Å². The molecule has 1 saturated heterocycles. The van der Waals surface area contributed by atoms with Gasteiger partial charge in [-0.2, -0.15) is 0 Å². The summed E-state index contributed by atoms with van der Waals surface area (Å²) in [6.45, 7) is 10.1. The van der Waals surface area contributed by atoms with Gasteiger partial charge in [0.05, 0.1) is 16.6 Å². The molecule has 1 heterocycles. The zero-order chi connectivity index (χ0) is 21.8. The predicted molar refractivity (Wildman–Crippen MR) is 121 cm³/mol. The standard InChI is InChI=1S/C23H32BNO3S/c1-6-7-8-9-15(2)29-19-14-20(26)25(22(19)28)18-12-10-17(11-13-18)23(4,5)16(3)21(24)27/h10-13,15-16,19H,6-9,14H2,1-5H3. The summed E-state index contributed by atoms with van der Waals surface area (Å²) in [5, 5.41) is 0.0619. The van der Waals surface area contributed by atoms with Crippen molar-refractivity contribution in [1.82, 2.24) is 0 Å². The van der Waals surface area contributed by atoms with Crippen molar-refractivity contribution in [2.45, 2.75) is 82.6 Å². The fourth-order valence-electron chi connectivity index (χ4n) is 3.66. The highest BCUT2D eigenvalue weighted by Gasteiger charge is 2.40. The number of benzene rings is 1. The first kappa shape index (κ1) is 23.7. The van der Waals surface area contributed by atoms with E-state index in [1.54, 1.807) is 23.9 Å². The molecule has 1 aliphatic heterocycles.